The van der Waals surface area contributed by atoms with E-state index in [4.69, 9.17) is 11.6 Å². The lowest BCUT2D eigenvalue weighted by Crippen LogP contribution is -2.12. The fraction of sp³-hybridized carbons (Fsp3) is 0.636. The summed E-state index contributed by atoms with van der Waals surface area (Å²) in [5, 5.41) is 0.741. The van der Waals surface area contributed by atoms with Crippen molar-refractivity contribution < 1.29 is 0 Å². The Bertz CT molecular complexity index is 401. The number of thioether (sulfide) groups is 1. The van der Waals surface area contributed by atoms with Crippen LogP contribution >= 0.6 is 23.4 Å². The second-order valence-corrected chi connectivity index (χ2v) is 5.59. The summed E-state index contributed by atoms with van der Waals surface area (Å²) in [7, 11) is 0. The highest BCUT2D eigenvalue weighted by molar-refractivity contribution is 7.99. The maximum absolute atomic E-state index is 11.3. The lowest BCUT2D eigenvalue weighted by atomic mass is 10.4. The third kappa shape index (κ3) is 3.25. The molecule has 1 aliphatic carbocycles. The van der Waals surface area contributed by atoms with Gasteiger partial charge in [0.2, 0.25) is 0 Å². The molecule has 0 amide bonds. The largest absolute Gasteiger partial charge is 0.310 e. The highest BCUT2D eigenvalue weighted by Gasteiger charge is 2.15. The van der Waals surface area contributed by atoms with E-state index < -0.39 is 0 Å². The van der Waals surface area contributed by atoms with Crippen molar-refractivity contribution in [1.82, 2.24) is 9.97 Å². The molecule has 0 spiro atoms. The molecular weight excluding hydrogens is 244 g/mol. The number of aromatic amines is 1. The quantitative estimate of drug-likeness (QED) is 0.845. The van der Waals surface area contributed by atoms with Gasteiger partial charge in [0.15, 0.2) is 0 Å². The predicted molar refractivity (Wildman–Crippen MR) is 68.0 cm³/mol. The predicted octanol–water partition coefficient (Wildman–Crippen LogP) is 2.68. The Kier molecular flexibility index (Phi) is 4.29. The first-order valence-electron chi connectivity index (χ1n) is 5.54. The molecule has 1 fully saturated rings. The molecule has 88 valence electrons. The minimum absolute atomic E-state index is 0.104. The second kappa shape index (κ2) is 5.73. The molecule has 0 unspecified atom stereocenters. The van der Waals surface area contributed by atoms with Crippen LogP contribution in [0.15, 0.2) is 10.9 Å². The van der Waals surface area contributed by atoms with Gasteiger partial charge < -0.3 is 4.98 Å². The Balaban J connectivity index is 1.97. The topological polar surface area (TPSA) is 45.8 Å². The maximum Gasteiger partial charge on any atom is 0.251 e. The lowest BCUT2D eigenvalue weighted by molar-refractivity contribution is 0.886. The van der Waals surface area contributed by atoms with Crippen LogP contribution in [-0.4, -0.2) is 15.2 Å². The van der Waals surface area contributed by atoms with Crippen LogP contribution in [0.5, 0.6) is 0 Å². The van der Waals surface area contributed by atoms with E-state index in [9.17, 15) is 4.79 Å². The summed E-state index contributed by atoms with van der Waals surface area (Å²) in [6, 6.07) is 1.46. The van der Waals surface area contributed by atoms with Gasteiger partial charge >= 0.3 is 0 Å². The summed E-state index contributed by atoms with van der Waals surface area (Å²) in [5.41, 5.74) is 0.556. The molecule has 2 rings (SSSR count). The number of halogens is 1. The monoisotopic (exact) mass is 258 g/mol. The molecule has 0 atom stereocenters. The summed E-state index contributed by atoms with van der Waals surface area (Å²) in [5.74, 6) is 1.83. The SMILES string of the molecule is O=c1cc(CCl)nc(CSC2CCCC2)[nH]1. The number of hydrogen-bond donors (Lipinski definition) is 1. The van der Waals surface area contributed by atoms with Gasteiger partial charge in [0.25, 0.3) is 5.56 Å². The highest BCUT2D eigenvalue weighted by Crippen LogP contribution is 2.30. The fourth-order valence-electron chi connectivity index (χ4n) is 1.95. The van der Waals surface area contributed by atoms with Crippen LogP contribution in [0.3, 0.4) is 0 Å². The third-order valence-electron chi connectivity index (χ3n) is 2.74. The number of nitrogens with zero attached hydrogens (tertiary/aromatic N) is 1. The van der Waals surface area contributed by atoms with Gasteiger partial charge in [-0.05, 0) is 12.8 Å². The standard InChI is InChI=1S/C11H15ClN2OS/c12-6-8-5-11(15)14-10(13-8)7-16-9-3-1-2-4-9/h5,9H,1-4,6-7H2,(H,13,14,15). The van der Waals surface area contributed by atoms with Crippen molar-refractivity contribution in [2.45, 2.75) is 42.6 Å². The molecule has 1 N–H and O–H groups in total. The first kappa shape index (κ1) is 12.0. The van der Waals surface area contributed by atoms with Crippen LogP contribution in [0, 0.1) is 0 Å². The minimum atomic E-state index is -0.104. The molecule has 0 radical (unpaired) electrons. The van der Waals surface area contributed by atoms with E-state index in [1.165, 1.54) is 31.7 Å². The third-order valence-corrected chi connectivity index (χ3v) is 4.40. The van der Waals surface area contributed by atoms with Gasteiger partial charge in [-0.2, -0.15) is 11.8 Å². The van der Waals surface area contributed by atoms with Crippen molar-refractivity contribution in [2.75, 3.05) is 0 Å². The van der Waals surface area contributed by atoms with Gasteiger partial charge in [-0.1, -0.05) is 12.8 Å². The Morgan fingerprint density at radius 3 is 2.94 bits per heavy atom. The molecule has 1 saturated carbocycles. The number of nitrogens with one attached hydrogen (secondary N) is 1. The normalized spacial score (nSPS) is 16.8. The zero-order valence-corrected chi connectivity index (χ0v) is 10.6. The van der Waals surface area contributed by atoms with Crippen LogP contribution < -0.4 is 5.56 Å². The zero-order chi connectivity index (χ0) is 11.4. The molecular formula is C11H15ClN2OS. The van der Waals surface area contributed by atoms with Crippen molar-refractivity contribution in [3.8, 4) is 0 Å². The van der Waals surface area contributed by atoms with E-state index in [0.717, 1.165) is 16.8 Å². The minimum Gasteiger partial charge on any atom is -0.310 e. The molecule has 0 aliphatic heterocycles. The van der Waals surface area contributed by atoms with Gasteiger partial charge in [0.1, 0.15) is 5.82 Å². The first-order valence-corrected chi connectivity index (χ1v) is 7.13. The number of H-pyrrole nitrogens is 1. The summed E-state index contributed by atoms with van der Waals surface area (Å²) >= 11 is 7.57. The highest BCUT2D eigenvalue weighted by atomic mass is 35.5. The fourth-order valence-corrected chi connectivity index (χ4v) is 3.29. The van der Waals surface area contributed by atoms with Crippen LogP contribution in [0.1, 0.15) is 37.2 Å². The molecule has 1 aromatic rings. The zero-order valence-electron chi connectivity index (χ0n) is 9.04. The van der Waals surface area contributed by atoms with Crippen molar-refractivity contribution in [3.63, 3.8) is 0 Å². The Morgan fingerprint density at radius 1 is 1.50 bits per heavy atom. The van der Waals surface area contributed by atoms with Crippen LogP contribution in [-0.2, 0) is 11.6 Å². The molecule has 1 aromatic heterocycles. The van der Waals surface area contributed by atoms with E-state index >= 15 is 0 Å². The molecule has 3 nitrogen and oxygen atoms in total. The van der Waals surface area contributed by atoms with Crippen LogP contribution in [0.25, 0.3) is 0 Å². The maximum atomic E-state index is 11.3. The number of rotatable bonds is 4. The van der Waals surface area contributed by atoms with Crippen molar-refractivity contribution in [2.24, 2.45) is 0 Å². The Labute approximate surface area is 104 Å². The van der Waals surface area contributed by atoms with Crippen molar-refractivity contribution >= 4 is 23.4 Å². The van der Waals surface area contributed by atoms with Gasteiger partial charge in [-0.15, -0.1) is 11.6 Å². The Hall–Kier alpha value is -0.480. The van der Waals surface area contributed by atoms with E-state index in [1.807, 2.05) is 11.8 Å². The molecule has 0 saturated heterocycles. The smallest absolute Gasteiger partial charge is 0.251 e. The first-order chi connectivity index (χ1) is 7.78. The van der Waals surface area contributed by atoms with Crippen molar-refractivity contribution in [1.29, 1.82) is 0 Å². The molecule has 1 heterocycles. The lowest BCUT2D eigenvalue weighted by Gasteiger charge is -2.08. The van der Waals surface area contributed by atoms with Gasteiger partial charge in [-0.25, -0.2) is 4.98 Å². The summed E-state index contributed by atoms with van der Waals surface area (Å²) in [6.45, 7) is 0. The molecule has 1 aliphatic rings. The average molecular weight is 259 g/mol. The van der Waals surface area contributed by atoms with E-state index in [2.05, 4.69) is 9.97 Å². The van der Waals surface area contributed by atoms with Crippen molar-refractivity contribution in [3.05, 3.63) is 27.9 Å². The number of aromatic nitrogens is 2. The summed E-state index contributed by atoms with van der Waals surface area (Å²) in [6.07, 6.45) is 5.26. The molecule has 0 bridgehead atoms. The van der Waals surface area contributed by atoms with Gasteiger partial charge in [0, 0.05) is 11.3 Å². The molecule has 16 heavy (non-hydrogen) atoms. The Morgan fingerprint density at radius 2 is 2.25 bits per heavy atom. The van der Waals surface area contributed by atoms with E-state index in [1.54, 1.807) is 0 Å². The van der Waals surface area contributed by atoms with Gasteiger partial charge in [-0.3, -0.25) is 4.79 Å². The summed E-state index contributed by atoms with van der Waals surface area (Å²) < 4.78 is 0. The number of hydrogen-bond acceptors (Lipinski definition) is 3. The summed E-state index contributed by atoms with van der Waals surface area (Å²) in [4.78, 5) is 18.4. The van der Waals surface area contributed by atoms with Gasteiger partial charge in [0.05, 0.1) is 17.3 Å². The average Bonchev–Trinajstić information content (AvgIpc) is 2.78. The molecule has 0 aromatic carbocycles. The second-order valence-electron chi connectivity index (χ2n) is 4.03. The number of alkyl halides is 1. The molecule has 5 heteroatoms. The van der Waals surface area contributed by atoms with E-state index in [0.29, 0.717) is 11.6 Å². The van der Waals surface area contributed by atoms with Crippen LogP contribution in [0.2, 0.25) is 0 Å². The van der Waals surface area contributed by atoms with Crippen LogP contribution in [0.4, 0.5) is 0 Å². The van der Waals surface area contributed by atoms with E-state index in [-0.39, 0.29) is 5.56 Å².